The minimum absolute atomic E-state index is 0.0735. The van der Waals surface area contributed by atoms with Crippen LogP contribution in [0, 0.1) is 17.5 Å². The average Bonchev–Trinajstić information content (AvgIpc) is 2.85. The number of carbonyl (C=O) groups excluding carboxylic acids is 1. The second kappa shape index (κ2) is 4.82. The molecule has 0 saturated carbocycles. The Kier molecular flexibility index (Phi) is 3.22. The van der Waals surface area contributed by atoms with Crippen molar-refractivity contribution in [2.24, 2.45) is 0 Å². The number of H-pyrrole nitrogens is 1. The molecule has 9 heteroatoms. The van der Waals surface area contributed by atoms with Crippen LogP contribution in [0.1, 0.15) is 16.2 Å². The number of nitrogens with zero attached hydrogens (tertiary/aromatic N) is 3. The molecule has 18 heavy (non-hydrogen) atoms. The highest BCUT2D eigenvalue weighted by atomic mass is 19.2. The number of rotatable bonds is 3. The molecule has 0 aliphatic carbocycles. The molecule has 6 nitrogen and oxygen atoms in total. The van der Waals surface area contributed by atoms with E-state index in [0.717, 1.165) is 0 Å². The Hall–Kier alpha value is -2.45. The summed E-state index contributed by atoms with van der Waals surface area (Å²) in [6.45, 7) is -0.0735. The molecule has 0 radical (unpaired) electrons. The van der Waals surface area contributed by atoms with E-state index in [1.807, 2.05) is 0 Å². The van der Waals surface area contributed by atoms with Crippen LogP contribution in [0.3, 0.4) is 0 Å². The molecule has 0 fully saturated rings. The molecule has 2 N–H and O–H groups in total. The highest BCUT2D eigenvalue weighted by Gasteiger charge is 2.15. The van der Waals surface area contributed by atoms with Gasteiger partial charge in [0.25, 0.3) is 5.91 Å². The Morgan fingerprint density at radius 2 is 1.94 bits per heavy atom. The van der Waals surface area contributed by atoms with Crippen LogP contribution >= 0.6 is 0 Å². The maximum Gasteiger partial charge on any atom is 0.251 e. The third kappa shape index (κ3) is 2.44. The van der Waals surface area contributed by atoms with Crippen molar-refractivity contribution in [3.05, 3.63) is 41.0 Å². The molecule has 2 rings (SSSR count). The number of hydrogen-bond donors (Lipinski definition) is 2. The van der Waals surface area contributed by atoms with Crippen molar-refractivity contribution in [2.45, 2.75) is 6.54 Å². The quantitative estimate of drug-likeness (QED) is 0.786. The molecule has 1 heterocycles. The fourth-order valence-corrected chi connectivity index (χ4v) is 1.21. The Morgan fingerprint density at radius 3 is 2.50 bits per heavy atom. The Morgan fingerprint density at radius 1 is 1.28 bits per heavy atom. The zero-order valence-electron chi connectivity index (χ0n) is 8.75. The summed E-state index contributed by atoms with van der Waals surface area (Å²) in [5, 5.41) is 14.8. The molecule has 94 valence electrons. The number of hydrogen-bond acceptors (Lipinski definition) is 4. The van der Waals surface area contributed by atoms with Gasteiger partial charge in [0.05, 0.1) is 6.54 Å². The Labute approximate surface area is 98.2 Å². The van der Waals surface area contributed by atoms with Crippen molar-refractivity contribution in [2.75, 3.05) is 0 Å². The minimum Gasteiger partial charge on any atom is -0.345 e. The first-order valence-corrected chi connectivity index (χ1v) is 4.73. The summed E-state index contributed by atoms with van der Waals surface area (Å²) < 4.78 is 38.4. The van der Waals surface area contributed by atoms with Crippen LogP contribution in [0.15, 0.2) is 12.1 Å². The predicted molar refractivity (Wildman–Crippen MR) is 51.7 cm³/mol. The molecule has 2 aromatic rings. The van der Waals surface area contributed by atoms with Crippen molar-refractivity contribution < 1.29 is 18.0 Å². The van der Waals surface area contributed by atoms with Crippen molar-refractivity contribution in [1.29, 1.82) is 0 Å². The highest BCUT2D eigenvalue weighted by molar-refractivity contribution is 5.94. The van der Waals surface area contributed by atoms with Crippen LogP contribution in [0.4, 0.5) is 13.2 Å². The summed E-state index contributed by atoms with van der Waals surface area (Å²) in [5.74, 6) is -5.06. The molecule has 0 spiro atoms. The van der Waals surface area contributed by atoms with Gasteiger partial charge >= 0.3 is 0 Å². The summed E-state index contributed by atoms with van der Waals surface area (Å²) in [5.41, 5.74) is -0.338. The van der Waals surface area contributed by atoms with Crippen molar-refractivity contribution >= 4 is 5.91 Å². The van der Waals surface area contributed by atoms with Gasteiger partial charge in [-0.25, -0.2) is 13.2 Å². The van der Waals surface area contributed by atoms with Gasteiger partial charge in [-0.3, -0.25) is 4.79 Å². The summed E-state index contributed by atoms with van der Waals surface area (Å²) >= 11 is 0. The summed E-state index contributed by atoms with van der Waals surface area (Å²) in [4.78, 5) is 11.5. The second-order valence-corrected chi connectivity index (χ2v) is 3.26. The average molecular weight is 257 g/mol. The molecule has 0 aliphatic rings. The number of amides is 1. The van der Waals surface area contributed by atoms with Crippen LogP contribution in [-0.2, 0) is 6.54 Å². The number of benzene rings is 1. The van der Waals surface area contributed by atoms with Gasteiger partial charge in [-0.2, -0.15) is 5.21 Å². The first-order chi connectivity index (χ1) is 8.58. The molecular formula is C9H6F3N5O. The standard InChI is InChI=1S/C9H6F3N5O/c10-5-1-4(2-6(11)8(5)12)9(18)13-3-7-14-16-17-15-7/h1-2H,3H2,(H,13,18)(H,14,15,16,17). The van der Waals surface area contributed by atoms with Crippen molar-refractivity contribution in [3.8, 4) is 0 Å². The molecule has 0 atom stereocenters. The van der Waals surface area contributed by atoms with Crippen LogP contribution in [0.25, 0.3) is 0 Å². The lowest BCUT2D eigenvalue weighted by molar-refractivity contribution is 0.0948. The lowest BCUT2D eigenvalue weighted by atomic mass is 10.2. The third-order valence-corrected chi connectivity index (χ3v) is 2.04. The van der Waals surface area contributed by atoms with Crippen molar-refractivity contribution in [1.82, 2.24) is 25.9 Å². The van der Waals surface area contributed by atoms with Crippen LogP contribution in [-0.4, -0.2) is 26.5 Å². The van der Waals surface area contributed by atoms with Gasteiger partial charge in [-0.15, -0.1) is 10.2 Å². The molecule has 0 bridgehead atoms. The number of aromatic amines is 1. The monoisotopic (exact) mass is 257 g/mol. The zero-order chi connectivity index (χ0) is 13.1. The van der Waals surface area contributed by atoms with Crippen LogP contribution < -0.4 is 5.32 Å². The van der Waals surface area contributed by atoms with Gasteiger partial charge in [0.15, 0.2) is 23.3 Å². The summed E-state index contributed by atoms with van der Waals surface area (Å²) in [7, 11) is 0. The lowest BCUT2D eigenvalue weighted by Gasteiger charge is -2.03. The molecule has 0 unspecified atom stereocenters. The van der Waals surface area contributed by atoms with Gasteiger partial charge in [0, 0.05) is 5.56 Å². The molecule has 1 aromatic carbocycles. The number of aromatic nitrogens is 4. The van der Waals surface area contributed by atoms with E-state index in [-0.39, 0.29) is 17.9 Å². The lowest BCUT2D eigenvalue weighted by Crippen LogP contribution is -2.24. The SMILES string of the molecule is O=C(NCc1nn[nH]n1)c1cc(F)c(F)c(F)c1. The number of carbonyl (C=O) groups is 1. The van der Waals surface area contributed by atoms with Gasteiger partial charge in [-0.05, 0) is 12.1 Å². The van der Waals surface area contributed by atoms with Crippen LogP contribution in [0.5, 0.6) is 0 Å². The zero-order valence-corrected chi connectivity index (χ0v) is 8.75. The summed E-state index contributed by atoms with van der Waals surface area (Å²) in [6.07, 6.45) is 0. The first kappa shape index (κ1) is 12.0. The topological polar surface area (TPSA) is 83.6 Å². The molecule has 1 amide bonds. The maximum atomic E-state index is 12.9. The third-order valence-electron chi connectivity index (χ3n) is 2.04. The van der Waals surface area contributed by atoms with E-state index in [2.05, 4.69) is 25.9 Å². The van der Waals surface area contributed by atoms with E-state index in [0.29, 0.717) is 12.1 Å². The molecule has 0 saturated heterocycles. The van der Waals surface area contributed by atoms with Gasteiger partial charge < -0.3 is 5.32 Å². The van der Waals surface area contributed by atoms with Gasteiger partial charge in [0.1, 0.15) is 0 Å². The van der Waals surface area contributed by atoms with E-state index in [1.165, 1.54) is 0 Å². The number of halogens is 3. The largest absolute Gasteiger partial charge is 0.345 e. The maximum absolute atomic E-state index is 12.9. The van der Waals surface area contributed by atoms with Crippen LogP contribution in [0.2, 0.25) is 0 Å². The normalized spacial score (nSPS) is 10.4. The predicted octanol–water partition coefficient (Wildman–Crippen LogP) is 0.547. The molecular weight excluding hydrogens is 251 g/mol. The number of tetrazole rings is 1. The summed E-state index contributed by atoms with van der Waals surface area (Å²) in [6, 6.07) is 1.20. The Balaban J connectivity index is 2.09. The smallest absolute Gasteiger partial charge is 0.251 e. The fraction of sp³-hybridized carbons (Fsp3) is 0.111. The first-order valence-electron chi connectivity index (χ1n) is 4.73. The minimum atomic E-state index is -1.62. The highest BCUT2D eigenvalue weighted by Crippen LogP contribution is 2.13. The molecule has 1 aromatic heterocycles. The van der Waals surface area contributed by atoms with E-state index in [9.17, 15) is 18.0 Å². The van der Waals surface area contributed by atoms with Crippen molar-refractivity contribution in [3.63, 3.8) is 0 Å². The van der Waals surface area contributed by atoms with Gasteiger partial charge in [-0.1, -0.05) is 5.21 Å². The second-order valence-electron chi connectivity index (χ2n) is 3.26. The van der Waals surface area contributed by atoms with E-state index in [1.54, 1.807) is 0 Å². The fourth-order valence-electron chi connectivity index (χ4n) is 1.21. The van der Waals surface area contributed by atoms with E-state index < -0.39 is 23.4 Å². The van der Waals surface area contributed by atoms with E-state index in [4.69, 9.17) is 0 Å². The van der Waals surface area contributed by atoms with E-state index >= 15 is 0 Å². The van der Waals surface area contributed by atoms with Gasteiger partial charge in [0.2, 0.25) is 0 Å². The molecule has 0 aliphatic heterocycles. The number of nitrogens with one attached hydrogen (secondary N) is 2. The Bertz CT molecular complexity index is 549.